The van der Waals surface area contributed by atoms with Gasteiger partial charge in [0.15, 0.2) is 0 Å². The summed E-state index contributed by atoms with van der Waals surface area (Å²) in [6.45, 7) is 13.6. The molecule has 1 atom stereocenters. The summed E-state index contributed by atoms with van der Waals surface area (Å²) >= 11 is 0. The van der Waals surface area contributed by atoms with Crippen molar-refractivity contribution in [3.8, 4) is 5.75 Å². The van der Waals surface area contributed by atoms with Crippen LogP contribution < -0.4 is 14.8 Å². The van der Waals surface area contributed by atoms with Crippen LogP contribution in [0.5, 0.6) is 5.75 Å². The van der Waals surface area contributed by atoms with E-state index in [1.807, 2.05) is 32.9 Å². The van der Waals surface area contributed by atoms with Gasteiger partial charge >= 0.3 is 0 Å². The van der Waals surface area contributed by atoms with Crippen LogP contribution in [0.1, 0.15) is 52.7 Å². The van der Waals surface area contributed by atoms with E-state index in [9.17, 15) is 9.00 Å². The Morgan fingerprint density at radius 2 is 1.68 bits per heavy atom. The summed E-state index contributed by atoms with van der Waals surface area (Å²) in [6, 6.07) is 6.11. The average Bonchev–Trinajstić information content (AvgIpc) is 2.45. The van der Waals surface area contributed by atoms with E-state index in [4.69, 9.17) is 4.74 Å². The second kappa shape index (κ2) is 7.46. The number of ether oxygens (including phenoxy) is 1. The molecule has 1 amide bonds. The van der Waals surface area contributed by atoms with Crippen molar-refractivity contribution in [1.82, 2.24) is 10.0 Å². The number of carbonyl (C=O) groups excluding carboxylic acids is 1. The van der Waals surface area contributed by atoms with Crippen molar-refractivity contribution in [2.45, 2.75) is 65.0 Å². The number of carbonyl (C=O) groups is 1. The molecule has 0 aromatic heterocycles. The van der Waals surface area contributed by atoms with Gasteiger partial charge in [0.1, 0.15) is 11.3 Å². The highest BCUT2D eigenvalue weighted by Crippen LogP contribution is 2.37. The summed E-state index contributed by atoms with van der Waals surface area (Å²) in [7, 11) is 0.382. The van der Waals surface area contributed by atoms with Crippen molar-refractivity contribution in [1.29, 1.82) is 0 Å². The van der Waals surface area contributed by atoms with Gasteiger partial charge in [-0.2, -0.15) is 0 Å². The fraction of sp³-hybridized carbons (Fsp3) is 0.632. The van der Waals surface area contributed by atoms with E-state index >= 15 is 0 Å². The maximum Gasteiger partial charge on any atom is 0.241 e. The Morgan fingerprint density at radius 1 is 1.12 bits per heavy atom. The quantitative estimate of drug-likeness (QED) is 0.778. The first-order chi connectivity index (χ1) is 11.2. The third-order valence-electron chi connectivity index (χ3n) is 5.08. The van der Waals surface area contributed by atoms with E-state index in [1.165, 1.54) is 6.26 Å². The van der Waals surface area contributed by atoms with Crippen LogP contribution in [-0.2, 0) is 21.2 Å². The molecule has 1 aromatic carbocycles. The van der Waals surface area contributed by atoms with E-state index in [-0.39, 0.29) is 11.3 Å². The minimum Gasteiger partial charge on any atom is -0.496 e. The fourth-order valence-corrected chi connectivity index (χ4v) is 3.38. The first-order valence-corrected chi connectivity index (χ1v) is 9.89. The van der Waals surface area contributed by atoms with Crippen LogP contribution in [0.25, 0.3) is 0 Å². The molecule has 0 heterocycles. The Morgan fingerprint density at radius 3 is 2.16 bits per heavy atom. The van der Waals surface area contributed by atoms with Crippen LogP contribution in [0.2, 0.25) is 0 Å². The molecule has 1 aromatic rings. The zero-order valence-corrected chi connectivity index (χ0v) is 17.7. The molecule has 0 aliphatic carbocycles. The number of nitrogens with one attached hydrogen (secondary N) is 2. The summed E-state index contributed by atoms with van der Waals surface area (Å²) in [4.78, 5) is 12.7. The Kier molecular flexibility index (Phi) is 6.46. The Bertz CT molecular complexity index is 667. The van der Waals surface area contributed by atoms with Gasteiger partial charge in [0, 0.05) is 17.2 Å². The van der Waals surface area contributed by atoms with Gasteiger partial charge in [-0.25, -0.2) is 8.93 Å². The lowest BCUT2D eigenvalue weighted by atomic mass is 9.69. The first kappa shape index (κ1) is 21.6. The molecule has 1 rings (SSSR count). The number of amides is 1. The van der Waals surface area contributed by atoms with Gasteiger partial charge in [0.25, 0.3) is 0 Å². The average molecular weight is 369 g/mol. The molecular weight excluding hydrogens is 336 g/mol. The molecule has 0 bridgehead atoms. The Labute approximate surface area is 154 Å². The first-order valence-electron chi connectivity index (χ1n) is 8.33. The monoisotopic (exact) mass is 368 g/mol. The molecule has 6 heteroatoms. The van der Waals surface area contributed by atoms with Gasteiger partial charge in [0.2, 0.25) is 5.91 Å². The second-order valence-corrected chi connectivity index (χ2v) is 9.18. The standard InChI is InChI=1S/C19H32N2O3S/c1-13-10-11-14(12-15(13)24-8)17(2,3)19(6,7)20-16(22)18(4,5)21-25(9)23/h10-12,21H,1-9H3,(H,20,22). The normalized spacial score (nSPS) is 14.1. The van der Waals surface area contributed by atoms with Gasteiger partial charge in [0.05, 0.1) is 18.1 Å². The van der Waals surface area contributed by atoms with Crippen molar-refractivity contribution in [3.05, 3.63) is 29.3 Å². The number of aryl methyl sites for hydroxylation is 1. The topological polar surface area (TPSA) is 67.4 Å². The van der Waals surface area contributed by atoms with E-state index in [0.717, 1.165) is 16.9 Å². The third-order valence-corrected chi connectivity index (χ3v) is 5.88. The lowest BCUT2D eigenvalue weighted by molar-refractivity contribution is -0.128. The zero-order chi connectivity index (χ0) is 19.6. The Balaban J connectivity index is 3.14. The van der Waals surface area contributed by atoms with Crippen molar-refractivity contribution < 1.29 is 13.7 Å². The van der Waals surface area contributed by atoms with Crippen LogP contribution in [0.3, 0.4) is 0 Å². The highest BCUT2D eigenvalue weighted by Gasteiger charge is 2.42. The predicted molar refractivity (Wildman–Crippen MR) is 104 cm³/mol. The summed E-state index contributed by atoms with van der Waals surface area (Å²) in [5.74, 6) is 0.635. The number of hydrogen-bond donors (Lipinski definition) is 2. The molecule has 2 N–H and O–H groups in total. The third kappa shape index (κ3) is 4.82. The highest BCUT2D eigenvalue weighted by molar-refractivity contribution is 7.82. The smallest absolute Gasteiger partial charge is 0.241 e. The largest absolute Gasteiger partial charge is 0.496 e. The maximum absolute atomic E-state index is 12.7. The van der Waals surface area contributed by atoms with Crippen molar-refractivity contribution in [3.63, 3.8) is 0 Å². The molecule has 0 spiro atoms. The van der Waals surface area contributed by atoms with Crippen molar-refractivity contribution in [2.75, 3.05) is 13.4 Å². The molecular formula is C19H32N2O3S. The summed E-state index contributed by atoms with van der Waals surface area (Å²) in [6.07, 6.45) is 1.52. The predicted octanol–water partition coefficient (Wildman–Crippen LogP) is 2.84. The number of benzene rings is 1. The molecule has 0 fully saturated rings. The van der Waals surface area contributed by atoms with Crippen molar-refractivity contribution >= 4 is 16.9 Å². The minimum atomic E-state index is -1.28. The number of hydrogen-bond acceptors (Lipinski definition) is 3. The lowest BCUT2D eigenvalue weighted by Gasteiger charge is -2.44. The molecule has 0 saturated carbocycles. The lowest BCUT2D eigenvalue weighted by Crippen LogP contribution is -2.62. The zero-order valence-electron chi connectivity index (χ0n) is 16.9. The molecule has 1 unspecified atom stereocenters. The fourth-order valence-electron chi connectivity index (χ4n) is 2.57. The van der Waals surface area contributed by atoms with Gasteiger partial charge in [-0.3, -0.25) is 4.79 Å². The molecule has 0 radical (unpaired) electrons. The SMILES string of the molecule is COc1cc(C(C)(C)C(C)(C)NC(=O)C(C)(C)NS(C)=O)ccc1C. The van der Waals surface area contributed by atoms with Crippen LogP contribution in [0.4, 0.5) is 0 Å². The van der Waals surface area contributed by atoms with Gasteiger partial charge in [-0.05, 0) is 51.8 Å². The van der Waals surface area contributed by atoms with Gasteiger partial charge in [-0.15, -0.1) is 0 Å². The van der Waals surface area contributed by atoms with Gasteiger partial charge in [-0.1, -0.05) is 26.0 Å². The van der Waals surface area contributed by atoms with E-state index in [0.29, 0.717) is 0 Å². The van der Waals surface area contributed by atoms with Crippen LogP contribution >= 0.6 is 0 Å². The van der Waals surface area contributed by atoms with Crippen LogP contribution in [-0.4, -0.2) is 34.6 Å². The van der Waals surface area contributed by atoms with E-state index < -0.39 is 22.1 Å². The van der Waals surface area contributed by atoms with E-state index in [1.54, 1.807) is 21.0 Å². The number of rotatable bonds is 7. The summed E-state index contributed by atoms with van der Waals surface area (Å²) < 4.78 is 19.7. The summed E-state index contributed by atoms with van der Waals surface area (Å²) in [5.41, 5.74) is 0.311. The van der Waals surface area contributed by atoms with Crippen LogP contribution in [0.15, 0.2) is 18.2 Å². The highest BCUT2D eigenvalue weighted by atomic mass is 32.2. The number of methoxy groups -OCH3 is 1. The minimum absolute atomic E-state index is 0.195. The molecule has 0 aliphatic heterocycles. The summed E-state index contributed by atoms with van der Waals surface area (Å²) in [5, 5.41) is 3.12. The Hall–Kier alpha value is -1.40. The molecule has 142 valence electrons. The molecule has 5 nitrogen and oxygen atoms in total. The van der Waals surface area contributed by atoms with E-state index in [2.05, 4.69) is 30.0 Å². The molecule has 25 heavy (non-hydrogen) atoms. The molecule has 0 saturated heterocycles. The van der Waals surface area contributed by atoms with Crippen molar-refractivity contribution in [2.24, 2.45) is 0 Å². The van der Waals surface area contributed by atoms with Gasteiger partial charge < -0.3 is 10.1 Å². The van der Waals surface area contributed by atoms with Crippen LogP contribution in [0, 0.1) is 6.92 Å². The maximum atomic E-state index is 12.7. The second-order valence-electron chi connectivity index (χ2n) is 8.07. The molecule has 0 aliphatic rings.